The van der Waals surface area contributed by atoms with Gasteiger partial charge < -0.3 is 50.0 Å². The number of ketones is 3. The van der Waals surface area contributed by atoms with E-state index in [1.54, 1.807) is 75.3 Å². The predicted octanol–water partition coefficient (Wildman–Crippen LogP) is 4.95. The van der Waals surface area contributed by atoms with E-state index in [-0.39, 0.29) is 93.3 Å². The van der Waals surface area contributed by atoms with Crippen LogP contribution in [0.3, 0.4) is 0 Å². The molecular formula is C69H120N10O13. The van der Waals surface area contributed by atoms with Crippen molar-refractivity contribution in [3.8, 4) is 0 Å². The number of nitrogens with zero attached hydrogens (tertiary/aromatic N) is 8. The van der Waals surface area contributed by atoms with Gasteiger partial charge in [0.1, 0.15) is 42.0 Å². The summed E-state index contributed by atoms with van der Waals surface area (Å²) in [5.74, 6) is -12.0. The van der Waals surface area contributed by atoms with Gasteiger partial charge in [0.05, 0.1) is 24.7 Å². The Hall–Kier alpha value is -6.10. The Morgan fingerprint density at radius 1 is 0.511 bits per heavy atom. The average molecular weight is 1300 g/mol. The molecule has 524 valence electrons. The van der Waals surface area contributed by atoms with Gasteiger partial charge >= 0.3 is 0 Å². The lowest BCUT2D eigenvalue weighted by Gasteiger charge is -2.41. The number of hydrogen-bond donors (Lipinski definition) is 3. The molecule has 23 heteroatoms. The summed E-state index contributed by atoms with van der Waals surface area (Å²) >= 11 is 0. The van der Waals surface area contributed by atoms with Crippen LogP contribution in [-0.2, 0) is 57.5 Å². The highest BCUT2D eigenvalue weighted by atomic mass is 16.3. The summed E-state index contributed by atoms with van der Waals surface area (Å²) in [5, 5.41) is 17.8. The molecule has 2 fully saturated rings. The average Bonchev–Trinajstić information content (AvgIpc) is 0.935. The molecule has 0 spiro atoms. The van der Waals surface area contributed by atoms with Crippen LogP contribution in [-0.4, -0.2) is 245 Å². The Morgan fingerprint density at radius 2 is 0.989 bits per heavy atom. The fourth-order valence-corrected chi connectivity index (χ4v) is 13.0. The summed E-state index contributed by atoms with van der Waals surface area (Å²) in [6, 6.07) is -9.90. The van der Waals surface area contributed by atoms with Crippen molar-refractivity contribution < 1.29 is 62.6 Å². The minimum absolute atomic E-state index is 0.00198. The zero-order chi connectivity index (χ0) is 70.8. The third kappa shape index (κ3) is 22.0. The van der Waals surface area contributed by atoms with Gasteiger partial charge in [0, 0.05) is 106 Å². The van der Waals surface area contributed by atoms with E-state index in [4.69, 9.17) is 0 Å². The number of aliphatic hydroxyl groups excluding tert-OH is 1. The van der Waals surface area contributed by atoms with Crippen LogP contribution in [0.15, 0.2) is 12.2 Å². The van der Waals surface area contributed by atoms with E-state index in [0.717, 1.165) is 9.80 Å². The van der Waals surface area contributed by atoms with Gasteiger partial charge in [-0.15, -0.1) is 0 Å². The summed E-state index contributed by atoms with van der Waals surface area (Å²) in [5.41, 5.74) is 0. The number of nitrogens with one attached hydrogen (secondary N) is 2. The minimum Gasteiger partial charge on any atom is -0.390 e. The second-order valence-corrected chi connectivity index (χ2v) is 28.8. The van der Waals surface area contributed by atoms with E-state index in [1.807, 2.05) is 52.5 Å². The third-order valence-corrected chi connectivity index (χ3v) is 18.9. The van der Waals surface area contributed by atoms with Gasteiger partial charge in [-0.2, -0.15) is 0 Å². The third-order valence-electron chi connectivity index (χ3n) is 18.9. The molecule has 0 radical (unpaired) electrons. The van der Waals surface area contributed by atoms with Crippen molar-refractivity contribution in [2.75, 3.05) is 75.5 Å². The maximum absolute atomic E-state index is 15.3. The molecule has 0 aromatic rings. The van der Waals surface area contributed by atoms with Crippen LogP contribution in [0.4, 0.5) is 0 Å². The van der Waals surface area contributed by atoms with Crippen LogP contribution in [0.2, 0.25) is 0 Å². The van der Waals surface area contributed by atoms with Gasteiger partial charge in [0.2, 0.25) is 53.2 Å². The molecule has 2 saturated heterocycles. The van der Waals surface area contributed by atoms with Crippen molar-refractivity contribution in [3.05, 3.63) is 12.2 Å². The van der Waals surface area contributed by atoms with E-state index in [9.17, 15) is 38.7 Å². The van der Waals surface area contributed by atoms with Crippen LogP contribution in [0, 0.1) is 59.2 Å². The smallest absolute Gasteiger partial charge is 0.246 e. The number of Topliss-reactive ketones (excluding diaryl/α,β-unsaturated/α-hetero) is 3. The highest BCUT2D eigenvalue weighted by Crippen LogP contribution is 2.30. The number of rotatable bonds is 16. The number of amides is 9. The Bertz CT molecular complexity index is 2590. The lowest BCUT2D eigenvalue weighted by molar-refractivity contribution is -0.157. The van der Waals surface area contributed by atoms with Crippen LogP contribution in [0.25, 0.3) is 0 Å². The van der Waals surface area contributed by atoms with E-state index in [0.29, 0.717) is 19.5 Å². The maximum Gasteiger partial charge on any atom is 0.246 e. The lowest BCUT2D eigenvalue weighted by atomic mass is 9.83. The van der Waals surface area contributed by atoms with Gasteiger partial charge in [0.25, 0.3) is 0 Å². The quantitative estimate of drug-likeness (QED) is 0.173. The van der Waals surface area contributed by atoms with Gasteiger partial charge in [-0.1, -0.05) is 116 Å². The molecule has 3 N–H and O–H groups in total. The summed E-state index contributed by atoms with van der Waals surface area (Å²) in [6.07, 6.45) is 2.08. The highest BCUT2D eigenvalue weighted by molar-refractivity contribution is 6.00. The predicted molar refractivity (Wildman–Crippen MR) is 356 cm³/mol. The molecular weight excluding hydrogens is 1180 g/mol. The number of carbonyl (C=O) groups is 12. The normalized spacial score (nSPS) is 28.3. The number of aliphatic hydroxyl groups is 1. The molecule has 2 aliphatic heterocycles. The molecule has 2 rings (SSSR count). The number of hydrogen-bond acceptors (Lipinski definition) is 14. The number of likely N-dealkylation sites (N-methyl/N-ethyl adjacent to an activating group) is 7. The zero-order valence-electron chi connectivity index (χ0n) is 60.5. The first-order chi connectivity index (χ1) is 42.6. The zero-order valence-corrected chi connectivity index (χ0v) is 60.5. The van der Waals surface area contributed by atoms with Crippen LogP contribution >= 0.6 is 0 Å². The molecule has 14 atom stereocenters. The first kappa shape index (κ1) is 82.0. The van der Waals surface area contributed by atoms with Gasteiger partial charge in [0.15, 0.2) is 11.6 Å². The Kier molecular flexibility index (Phi) is 33.1. The SMILES string of the molecule is C/C=C/C[C@@H](C)[C@@H](O)[C@H]1C(=O)N[C@@H](CC)C(=O)N(C)[C@H](C)C(=O)N(C)[C@@H]([C@H](C)CN2CCNC(=O)C2)C(=O)C[C@@H](C(C)C)C(=O)N(C)[C@@H](CC(C)C)C(=O)C[C@@H](C)C(=O)C[C@H](C)C(=O)N(C)[C@@H](CC(C)C)C(=O)N(C)[C@@H](CC(C)C)C(=O)N(C)[C@@H](C(C)C)C(=O)N1C. The molecule has 9 amide bonds. The van der Waals surface area contributed by atoms with E-state index >= 15 is 24.0 Å². The monoisotopic (exact) mass is 1300 g/mol. The van der Waals surface area contributed by atoms with Gasteiger partial charge in [-0.05, 0) is 87.4 Å². The second-order valence-electron chi connectivity index (χ2n) is 28.8. The van der Waals surface area contributed by atoms with Crippen LogP contribution < -0.4 is 10.6 Å². The van der Waals surface area contributed by atoms with Crippen molar-refractivity contribution >= 4 is 70.5 Å². The molecule has 0 unspecified atom stereocenters. The van der Waals surface area contributed by atoms with Crippen LogP contribution in [0.5, 0.6) is 0 Å². The topological polar surface area (TPSA) is 275 Å². The molecule has 0 bridgehead atoms. The summed E-state index contributed by atoms with van der Waals surface area (Å²) in [7, 11) is 10.1. The van der Waals surface area contributed by atoms with Gasteiger partial charge in [-0.25, -0.2) is 0 Å². The summed E-state index contributed by atoms with van der Waals surface area (Å²) < 4.78 is 0. The number of carbonyl (C=O) groups excluding carboxylic acids is 12. The molecule has 2 heterocycles. The molecule has 2 aliphatic rings. The number of piperazine rings is 1. The number of allylic oxidation sites excluding steroid dienone is 2. The van der Waals surface area contributed by atoms with E-state index < -0.39 is 149 Å². The van der Waals surface area contributed by atoms with Crippen LogP contribution in [0.1, 0.15) is 169 Å². The largest absolute Gasteiger partial charge is 0.390 e. The van der Waals surface area contributed by atoms with Crippen molar-refractivity contribution in [1.82, 2.24) is 49.8 Å². The van der Waals surface area contributed by atoms with E-state index in [2.05, 4.69) is 10.6 Å². The Morgan fingerprint density at radius 3 is 1.48 bits per heavy atom. The molecule has 23 nitrogen and oxygen atoms in total. The molecule has 92 heavy (non-hydrogen) atoms. The van der Waals surface area contributed by atoms with E-state index in [1.165, 1.54) is 80.8 Å². The molecule has 0 aromatic carbocycles. The fraction of sp³-hybridized carbons (Fsp3) is 0.797. The molecule has 0 aliphatic carbocycles. The van der Waals surface area contributed by atoms with Gasteiger partial charge in [-0.3, -0.25) is 62.4 Å². The molecule has 0 aromatic heterocycles. The molecule has 0 saturated carbocycles. The Balaban J connectivity index is 3.06. The summed E-state index contributed by atoms with van der Waals surface area (Å²) in [4.78, 5) is 187. The van der Waals surface area contributed by atoms with Crippen molar-refractivity contribution in [3.63, 3.8) is 0 Å². The first-order valence-electron chi connectivity index (χ1n) is 33.6. The standard InChI is InChI=1S/C69H120N10O13/c1-25-27-28-44(13)61(84)60-62(85)71-50(26-2)66(89)72(18)48(17)64(87)77(23)59(47(16)37-79-30-29-70-57(83)38-79)56(82)36-49(42(9)10)65(88)73(19)51(31-39(3)4)55(81)34-45(14)54(80)35-46(15)63(86)74(20)52(32-40(5)6)67(90)75(21)53(33-41(7)8)68(91)76(22)58(43(11)12)69(92)78(60)24/h25,27,39-53,58-61,84H,26,28-38H2,1-24H3,(H,70,83)(H,71,85)/b27-25+/t44-,45-,46+,47-,48-,49+,50+,51+,52+,53+,58+,59+,60+,61-/m1/s1. The van der Waals surface area contributed by atoms with Crippen molar-refractivity contribution in [2.24, 2.45) is 59.2 Å². The highest BCUT2D eigenvalue weighted by Gasteiger charge is 2.47. The fourth-order valence-electron chi connectivity index (χ4n) is 13.0. The summed E-state index contributed by atoms with van der Waals surface area (Å²) in [6.45, 7) is 31.1. The van der Waals surface area contributed by atoms with Crippen molar-refractivity contribution in [2.45, 2.75) is 224 Å². The first-order valence-corrected chi connectivity index (χ1v) is 33.6. The minimum atomic E-state index is -1.63. The van der Waals surface area contributed by atoms with Crippen molar-refractivity contribution in [1.29, 1.82) is 0 Å². The lowest BCUT2D eigenvalue weighted by Crippen LogP contribution is -2.63. The Labute approximate surface area is 551 Å². The maximum atomic E-state index is 15.3. The second kappa shape index (κ2) is 37.1.